The molecule has 0 heterocycles. The van der Waals surface area contributed by atoms with E-state index >= 15 is 0 Å². The first-order valence-corrected chi connectivity index (χ1v) is 8.98. The first-order chi connectivity index (χ1) is 12.5. The minimum absolute atomic E-state index is 0.0537. The van der Waals surface area contributed by atoms with Gasteiger partial charge in [0.1, 0.15) is 0 Å². The second-order valence-corrected chi connectivity index (χ2v) is 6.32. The fourth-order valence-corrected chi connectivity index (χ4v) is 2.85. The summed E-state index contributed by atoms with van der Waals surface area (Å²) in [5.74, 6) is -0.501. The molecule has 0 spiro atoms. The Bertz CT molecular complexity index is 758. The number of amides is 2. The maximum absolute atomic E-state index is 12.5. The summed E-state index contributed by atoms with van der Waals surface area (Å²) in [5, 5.41) is 3.18. The van der Waals surface area contributed by atoms with Crippen molar-refractivity contribution in [3.05, 3.63) is 59.1 Å². The van der Waals surface area contributed by atoms with Gasteiger partial charge in [-0.25, -0.2) is 0 Å². The SMILES string of the molecule is CCN(CC)c1ccc(C(=O)N(C)CC(=O)Nc2ccccc2Cl)cc1. The van der Waals surface area contributed by atoms with Gasteiger partial charge in [-0.15, -0.1) is 0 Å². The largest absolute Gasteiger partial charge is 0.372 e. The molecule has 2 aromatic carbocycles. The number of nitrogens with one attached hydrogen (secondary N) is 1. The van der Waals surface area contributed by atoms with E-state index in [9.17, 15) is 9.59 Å². The van der Waals surface area contributed by atoms with Crippen LogP contribution < -0.4 is 10.2 Å². The van der Waals surface area contributed by atoms with Gasteiger partial charge in [-0.2, -0.15) is 0 Å². The van der Waals surface area contributed by atoms with Gasteiger partial charge in [-0.1, -0.05) is 23.7 Å². The van der Waals surface area contributed by atoms with Crippen molar-refractivity contribution in [2.24, 2.45) is 0 Å². The second-order valence-electron chi connectivity index (χ2n) is 5.91. The third kappa shape index (κ3) is 4.99. The zero-order chi connectivity index (χ0) is 19.1. The van der Waals surface area contributed by atoms with Crippen LogP contribution in [-0.2, 0) is 4.79 Å². The molecular formula is C20H24ClN3O2. The summed E-state index contributed by atoms with van der Waals surface area (Å²) in [6.07, 6.45) is 0. The van der Waals surface area contributed by atoms with E-state index in [0.717, 1.165) is 18.8 Å². The number of halogens is 1. The number of carbonyl (C=O) groups excluding carboxylic acids is 2. The van der Waals surface area contributed by atoms with E-state index in [2.05, 4.69) is 24.1 Å². The Morgan fingerprint density at radius 3 is 2.19 bits per heavy atom. The average molecular weight is 374 g/mol. The van der Waals surface area contributed by atoms with Gasteiger partial charge in [0.15, 0.2) is 0 Å². The van der Waals surface area contributed by atoms with Gasteiger partial charge in [0.05, 0.1) is 17.3 Å². The summed E-state index contributed by atoms with van der Waals surface area (Å²) in [4.78, 5) is 28.3. The number of benzene rings is 2. The molecule has 0 atom stereocenters. The van der Waals surface area contributed by atoms with Crippen LogP contribution in [0.2, 0.25) is 5.02 Å². The zero-order valence-electron chi connectivity index (χ0n) is 15.3. The number of hydrogen-bond donors (Lipinski definition) is 1. The van der Waals surface area contributed by atoms with Crippen molar-refractivity contribution in [3.63, 3.8) is 0 Å². The van der Waals surface area contributed by atoms with E-state index < -0.39 is 0 Å². The van der Waals surface area contributed by atoms with Crippen molar-refractivity contribution in [2.75, 3.05) is 36.9 Å². The van der Waals surface area contributed by atoms with Gasteiger partial charge >= 0.3 is 0 Å². The number of anilines is 2. The topological polar surface area (TPSA) is 52.7 Å². The van der Waals surface area contributed by atoms with Gasteiger partial charge in [-0.05, 0) is 50.2 Å². The molecule has 0 aliphatic rings. The summed E-state index contributed by atoms with van der Waals surface area (Å²) in [6.45, 7) is 5.95. The Hall–Kier alpha value is -2.53. The molecule has 0 saturated heterocycles. The number of likely N-dealkylation sites (N-methyl/N-ethyl adjacent to an activating group) is 1. The van der Waals surface area contributed by atoms with Gasteiger partial charge in [-0.3, -0.25) is 9.59 Å². The molecule has 0 bridgehead atoms. The first kappa shape index (κ1) is 19.8. The van der Waals surface area contributed by atoms with E-state index in [0.29, 0.717) is 16.3 Å². The molecule has 0 fully saturated rings. The van der Waals surface area contributed by atoms with Gasteiger partial charge in [0.2, 0.25) is 5.91 Å². The number of para-hydroxylation sites is 1. The Morgan fingerprint density at radius 2 is 1.62 bits per heavy atom. The maximum Gasteiger partial charge on any atom is 0.254 e. The van der Waals surface area contributed by atoms with Crippen LogP contribution in [0.4, 0.5) is 11.4 Å². The van der Waals surface area contributed by atoms with E-state index in [-0.39, 0.29) is 18.4 Å². The van der Waals surface area contributed by atoms with E-state index in [1.54, 1.807) is 43.4 Å². The molecule has 138 valence electrons. The Labute approximate surface area is 159 Å². The molecule has 2 aromatic rings. The summed E-state index contributed by atoms with van der Waals surface area (Å²) in [6, 6.07) is 14.4. The van der Waals surface area contributed by atoms with E-state index in [1.807, 2.05) is 12.1 Å². The summed E-state index contributed by atoms with van der Waals surface area (Å²) in [7, 11) is 1.60. The zero-order valence-corrected chi connectivity index (χ0v) is 16.1. The smallest absolute Gasteiger partial charge is 0.254 e. The average Bonchev–Trinajstić information content (AvgIpc) is 2.64. The molecule has 26 heavy (non-hydrogen) atoms. The quantitative estimate of drug-likeness (QED) is 0.800. The molecule has 2 amide bonds. The van der Waals surface area contributed by atoms with Crippen molar-refractivity contribution in [1.82, 2.24) is 4.90 Å². The Balaban J connectivity index is 1.98. The van der Waals surface area contributed by atoms with Gasteiger partial charge in [0, 0.05) is 31.4 Å². The lowest BCUT2D eigenvalue weighted by Crippen LogP contribution is -2.35. The highest BCUT2D eigenvalue weighted by molar-refractivity contribution is 6.33. The molecule has 2 rings (SSSR count). The molecule has 5 nitrogen and oxygen atoms in total. The van der Waals surface area contributed by atoms with Crippen molar-refractivity contribution >= 4 is 34.8 Å². The summed E-state index contributed by atoms with van der Waals surface area (Å²) >= 11 is 6.03. The van der Waals surface area contributed by atoms with Crippen molar-refractivity contribution in [3.8, 4) is 0 Å². The molecule has 0 aliphatic heterocycles. The Kier molecular flexibility index (Phi) is 7.04. The maximum atomic E-state index is 12.5. The normalized spacial score (nSPS) is 10.3. The lowest BCUT2D eigenvalue weighted by atomic mass is 10.1. The fraction of sp³-hybridized carbons (Fsp3) is 0.300. The van der Waals surface area contributed by atoms with Crippen LogP contribution >= 0.6 is 11.6 Å². The lowest BCUT2D eigenvalue weighted by Gasteiger charge is -2.22. The molecule has 0 aromatic heterocycles. The molecule has 0 unspecified atom stereocenters. The van der Waals surface area contributed by atoms with Crippen LogP contribution in [0, 0.1) is 0 Å². The monoisotopic (exact) mass is 373 g/mol. The minimum atomic E-state index is -0.297. The van der Waals surface area contributed by atoms with Gasteiger partial charge in [0.25, 0.3) is 5.91 Å². The lowest BCUT2D eigenvalue weighted by molar-refractivity contribution is -0.116. The Morgan fingerprint density at radius 1 is 1.00 bits per heavy atom. The molecular weight excluding hydrogens is 350 g/mol. The summed E-state index contributed by atoms with van der Waals surface area (Å²) < 4.78 is 0. The van der Waals surface area contributed by atoms with E-state index in [4.69, 9.17) is 11.6 Å². The van der Waals surface area contributed by atoms with E-state index in [1.165, 1.54) is 4.90 Å². The predicted octanol–water partition coefficient (Wildman–Crippen LogP) is 3.90. The molecule has 6 heteroatoms. The number of nitrogens with zero attached hydrogens (tertiary/aromatic N) is 2. The van der Waals surface area contributed by atoms with Crippen LogP contribution in [0.1, 0.15) is 24.2 Å². The standard InChI is InChI=1S/C20H24ClN3O2/c1-4-24(5-2)16-12-10-15(11-13-16)20(26)23(3)14-19(25)22-18-9-7-6-8-17(18)21/h6-13H,4-5,14H2,1-3H3,(H,22,25). The van der Waals surface area contributed by atoms with Crippen LogP contribution in [0.5, 0.6) is 0 Å². The van der Waals surface area contributed by atoms with Gasteiger partial charge < -0.3 is 15.1 Å². The van der Waals surface area contributed by atoms with Crippen LogP contribution in [0.3, 0.4) is 0 Å². The second kappa shape index (κ2) is 9.25. The summed E-state index contributed by atoms with van der Waals surface area (Å²) in [5.41, 5.74) is 2.16. The van der Waals surface area contributed by atoms with Crippen LogP contribution in [-0.4, -0.2) is 43.4 Å². The highest BCUT2D eigenvalue weighted by atomic mass is 35.5. The number of carbonyl (C=O) groups is 2. The molecule has 1 N–H and O–H groups in total. The third-order valence-corrected chi connectivity index (χ3v) is 4.45. The van der Waals surface area contributed by atoms with Crippen LogP contribution in [0.25, 0.3) is 0 Å². The van der Waals surface area contributed by atoms with Crippen LogP contribution in [0.15, 0.2) is 48.5 Å². The fourth-order valence-electron chi connectivity index (χ4n) is 2.66. The number of rotatable bonds is 7. The number of hydrogen-bond acceptors (Lipinski definition) is 3. The van der Waals surface area contributed by atoms with Crippen molar-refractivity contribution in [2.45, 2.75) is 13.8 Å². The first-order valence-electron chi connectivity index (χ1n) is 8.61. The molecule has 0 aliphatic carbocycles. The van der Waals surface area contributed by atoms with Crippen molar-refractivity contribution < 1.29 is 9.59 Å². The minimum Gasteiger partial charge on any atom is -0.372 e. The van der Waals surface area contributed by atoms with Crippen molar-refractivity contribution in [1.29, 1.82) is 0 Å². The molecule has 0 saturated carbocycles. The highest BCUT2D eigenvalue weighted by Gasteiger charge is 2.16. The highest BCUT2D eigenvalue weighted by Crippen LogP contribution is 2.20. The molecule has 0 radical (unpaired) electrons. The predicted molar refractivity (Wildman–Crippen MR) is 107 cm³/mol. The third-order valence-electron chi connectivity index (χ3n) is 4.12.